The van der Waals surface area contributed by atoms with E-state index < -0.39 is 16.1 Å². The molecule has 2 N–H and O–H groups in total. The number of hydrogen-bond donors (Lipinski definition) is 2. The Bertz CT molecular complexity index is 373. The first-order chi connectivity index (χ1) is 8.29. The van der Waals surface area contributed by atoms with E-state index in [1.165, 1.54) is 6.42 Å². The van der Waals surface area contributed by atoms with E-state index in [2.05, 4.69) is 10.0 Å². The summed E-state index contributed by atoms with van der Waals surface area (Å²) in [5, 5.41) is 2.96. The van der Waals surface area contributed by atoms with Crippen molar-refractivity contribution in [2.45, 2.75) is 58.0 Å². The minimum absolute atomic E-state index is 0.0664. The SMILES string of the molecule is CC(C)[C@@H](NS(C)(=O)=O)C(=O)NC1CCCCC1. The Labute approximate surface area is 110 Å². The van der Waals surface area contributed by atoms with Crippen LogP contribution >= 0.6 is 0 Å². The number of sulfonamides is 1. The predicted molar refractivity (Wildman–Crippen MR) is 71.6 cm³/mol. The molecule has 0 heterocycles. The molecule has 0 unspecified atom stereocenters. The lowest BCUT2D eigenvalue weighted by atomic mass is 9.94. The van der Waals surface area contributed by atoms with Gasteiger partial charge in [0.25, 0.3) is 0 Å². The van der Waals surface area contributed by atoms with Crippen LogP contribution in [0, 0.1) is 5.92 Å². The third-order valence-corrected chi connectivity index (χ3v) is 3.92. The molecule has 1 aliphatic carbocycles. The fourth-order valence-corrected chi connectivity index (χ4v) is 3.10. The molecule has 0 spiro atoms. The lowest BCUT2D eigenvalue weighted by Gasteiger charge is -2.27. The summed E-state index contributed by atoms with van der Waals surface area (Å²) >= 11 is 0. The zero-order valence-corrected chi connectivity index (χ0v) is 12.2. The number of amides is 1. The van der Waals surface area contributed by atoms with Gasteiger partial charge in [0.1, 0.15) is 6.04 Å². The molecule has 0 aliphatic heterocycles. The zero-order valence-electron chi connectivity index (χ0n) is 11.4. The molecule has 1 amide bonds. The van der Waals surface area contributed by atoms with Gasteiger partial charge in [-0.1, -0.05) is 33.1 Å². The van der Waals surface area contributed by atoms with Crippen LogP contribution in [-0.4, -0.2) is 32.7 Å². The van der Waals surface area contributed by atoms with Crippen molar-refractivity contribution in [2.75, 3.05) is 6.26 Å². The van der Waals surface area contributed by atoms with Crippen molar-refractivity contribution < 1.29 is 13.2 Å². The molecular weight excluding hydrogens is 252 g/mol. The normalized spacial score (nSPS) is 19.8. The van der Waals surface area contributed by atoms with E-state index in [1.807, 2.05) is 13.8 Å². The van der Waals surface area contributed by atoms with Crippen LogP contribution in [0.2, 0.25) is 0 Å². The van der Waals surface area contributed by atoms with E-state index in [9.17, 15) is 13.2 Å². The van der Waals surface area contributed by atoms with E-state index in [4.69, 9.17) is 0 Å². The highest BCUT2D eigenvalue weighted by atomic mass is 32.2. The first-order valence-electron chi connectivity index (χ1n) is 6.57. The maximum absolute atomic E-state index is 12.1. The summed E-state index contributed by atoms with van der Waals surface area (Å²) in [6.07, 6.45) is 6.57. The van der Waals surface area contributed by atoms with Crippen molar-refractivity contribution in [1.82, 2.24) is 10.0 Å². The summed E-state index contributed by atoms with van der Waals surface area (Å²) in [6, 6.07) is -0.476. The van der Waals surface area contributed by atoms with Gasteiger partial charge in [-0.25, -0.2) is 13.1 Å². The van der Waals surface area contributed by atoms with Crippen molar-refractivity contribution in [1.29, 1.82) is 0 Å². The highest BCUT2D eigenvalue weighted by Gasteiger charge is 2.27. The Morgan fingerprint density at radius 3 is 2.17 bits per heavy atom. The van der Waals surface area contributed by atoms with E-state index in [-0.39, 0.29) is 17.9 Å². The quantitative estimate of drug-likeness (QED) is 0.787. The smallest absolute Gasteiger partial charge is 0.238 e. The predicted octanol–water partition coefficient (Wildman–Crippen LogP) is 1.01. The van der Waals surface area contributed by atoms with E-state index >= 15 is 0 Å². The van der Waals surface area contributed by atoms with Crippen LogP contribution in [0.15, 0.2) is 0 Å². The second-order valence-corrected chi connectivity index (χ2v) is 7.24. The van der Waals surface area contributed by atoms with E-state index in [0.29, 0.717) is 0 Å². The molecule has 1 saturated carbocycles. The lowest BCUT2D eigenvalue weighted by molar-refractivity contribution is -0.124. The minimum atomic E-state index is -3.37. The molecule has 0 saturated heterocycles. The molecule has 0 aromatic carbocycles. The van der Waals surface area contributed by atoms with Gasteiger partial charge in [-0.3, -0.25) is 4.79 Å². The van der Waals surface area contributed by atoms with Crippen LogP contribution in [0.5, 0.6) is 0 Å². The molecule has 1 rings (SSSR count). The number of nitrogens with one attached hydrogen (secondary N) is 2. The highest BCUT2D eigenvalue weighted by Crippen LogP contribution is 2.17. The van der Waals surface area contributed by atoms with Gasteiger partial charge in [0.2, 0.25) is 15.9 Å². The van der Waals surface area contributed by atoms with Crippen LogP contribution in [0.3, 0.4) is 0 Å². The molecule has 106 valence electrons. The lowest BCUT2D eigenvalue weighted by Crippen LogP contribution is -2.52. The number of rotatable bonds is 5. The van der Waals surface area contributed by atoms with Gasteiger partial charge < -0.3 is 5.32 Å². The summed E-state index contributed by atoms with van der Waals surface area (Å²) in [7, 11) is -3.37. The minimum Gasteiger partial charge on any atom is -0.352 e. The average Bonchev–Trinajstić information content (AvgIpc) is 2.25. The summed E-state index contributed by atoms with van der Waals surface area (Å²) in [6.45, 7) is 3.67. The monoisotopic (exact) mass is 276 g/mol. The van der Waals surface area contributed by atoms with Gasteiger partial charge >= 0.3 is 0 Å². The van der Waals surface area contributed by atoms with Gasteiger partial charge in [0.05, 0.1) is 6.26 Å². The standard InChI is InChI=1S/C12H24N2O3S/c1-9(2)11(14-18(3,16)17)12(15)13-10-7-5-4-6-8-10/h9-11,14H,4-8H2,1-3H3,(H,13,15)/t11-/m1/s1. The number of hydrogen-bond acceptors (Lipinski definition) is 3. The van der Waals surface area contributed by atoms with Crippen LogP contribution < -0.4 is 10.0 Å². The van der Waals surface area contributed by atoms with Crippen LogP contribution in [0.4, 0.5) is 0 Å². The van der Waals surface area contributed by atoms with Crippen LogP contribution in [0.1, 0.15) is 46.0 Å². The third-order valence-electron chi connectivity index (χ3n) is 3.24. The third kappa shape index (κ3) is 5.35. The molecule has 18 heavy (non-hydrogen) atoms. The fourth-order valence-electron chi connectivity index (χ4n) is 2.26. The Hall–Kier alpha value is -0.620. The summed E-state index contributed by atoms with van der Waals surface area (Å²) in [5.74, 6) is -0.273. The van der Waals surface area contributed by atoms with Crippen LogP contribution in [0.25, 0.3) is 0 Å². The van der Waals surface area contributed by atoms with Crippen molar-refractivity contribution in [3.63, 3.8) is 0 Å². The second kappa shape index (κ2) is 6.52. The molecule has 1 atom stereocenters. The second-order valence-electron chi connectivity index (χ2n) is 5.46. The van der Waals surface area contributed by atoms with Gasteiger partial charge in [-0.15, -0.1) is 0 Å². The van der Waals surface area contributed by atoms with Gasteiger partial charge in [-0.2, -0.15) is 0 Å². The van der Waals surface area contributed by atoms with Crippen molar-refractivity contribution in [3.8, 4) is 0 Å². The molecule has 6 heteroatoms. The Morgan fingerprint density at radius 1 is 1.17 bits per heavy atom. The van der Waals surface area contributed by atoms with Gasteiger partial charge in [-0.05, 0) is 18.8 Å². The van der Waals surface area contributed by atoms with Crippen LogP contribution in [-0.2, 0) is 14.8 Å². The average molecular weight is 276 g/mol. The summed E-state index contributed by atoms with van der Waals surface area (Å²) in [4.78, 5) is 12.1. The fraction of sp³-hybridized carbons (Fsp3) is 0.917. The molecule has 5 nitrogen and oxygen atoms in total. The number of carbonyl (C=O) groups excluding carboxylic acids is 1. The first kappa shape index (κ1) is 15.4. The Morgan fingerprint density at radius 2 is 1.72 bits per heavy atom. The van der Waals surface area contributed by atoms with Crippen molar-refractivity contribution in [3.05, 3.63) is 0 Å². The van der Waals surface area contributed by atoms with E-state index in [1.54, 1.807) is 0 Å². The van der Waals surface area contributed by atoms with Crippen molar-refractivity contribution in [2.24, 2.45) is 5.92 Å². The number of carbonyl (C=O) groups is 1. The zero-order chi connectivity index (χ0) is 13.8. The van der Waals surface area contributed by atoms with Crippen molar-refractivity contribution >= 4 is 15.9 Å². The molecular formula is C12H24N2O3S. The van der Waals surface area contributed by atoms with E-state index in [0.717, 1.165) is 31.9 Å². The molecule has 0 aromatic heterocycles. The molecule has 1 aliphatic rings. The maximum Gasteiger partial charge on any atom is 0.238 e. The molecule has 0 radical (unpaired) electrons. The molecule has 0 bridgehead atoms. The Balaban J connectivity index is 2.59. The molecule has 0 aromatic rings. The Kier molecular flexibility index (Phi) is 5.59. The maximum atomic E-state index is 12.1. The summed E-state index contributed by atoms with van der Waals surface area (Å²) in [5.41, 5.74) is 0. The topological polar surface area (TPSA) is 75.3 Å². The van der Waals surface area contributed by atoms with Gasteiger partial charge in [0.15, 0.2) is 0 Å². The largest absolute Gasteiger partial charge is 0.352 e. The first-order valence-corrected chi connectivity index (χ1v) is 8.46. The summed E-state index contributed by atoms with van der Waals surface area (Å²) < 4.78 is 24.9. The highest BCUT2D eigenvalue weighted by molar-refractivity contribution is 7.88. The molecule has 1 fully saturated rings. The van der Waals surface area contributed by atoms with Gasteiger partial charge in [0, 0.05) is 6.04 Å².